The number of carbonyl (C=O) groups is 1. The Balaban J connectivity index is 1.34. The molecular weight excluding hydrogens is 360 g/mol. The van der Waals surface area contributed by atoms with Crippen molar-refractivity contribution in [3.05, 3.63) is 83.0 Å². The smallest absolute Gasteiger partial charge is 0.220 e. The van der Waals surface area contributed by atoms with Crippen molar-refractivity contribution >= 4 is 5.91 Å². The molecule has 2 aromatic carbocycles. The Morgan fingerprint density at radius 1 is 1.10 bits per heavy atom. The largest absolute Gasteiger partial charge is 0.487 e. The van der Waals surface area contributed by atoms with E-state index in [4.69, 9.17) is 4.74 Å². The van der Waals surface area contributed by atoms with Crippen molar-refractivity contribution < 1.29 is 9.53 Å². The summed E-state index contributed by atoms with van der Waals surface area (Å²) in [6.45, 7) is 4.64. The van der Waals surface area contributed by atoms with Gasteiger partial charge in [-0.25, -0.2) is 0 Å². The Morgan fingerprint density at radius 2 is 1.93 bits per heavy atom. The fraction of sp³-hybridized carbons (Fsp3) is 0.280. The third-order valence-corrected chi connectivity index (χ3v) is 5.38. The van der Waals surface area contributed by atoms with E-state index in [1.807, 2.05) is 18.3 Å². The van der Waals surface area contributed by atoms with Crippen LogP contribution in [0.4, 0.5) is 0 Å². The molecule has 0 saturated heterocycles. The summed E-state index contributed by atoms with van der Waals surface area (Å²) in [5.74, 6) is 0.958. The predicted octanol–water partition coefficient (Wildman–Crippen LogP) is 4.42. The number of benzene rings is 2. The maximum atomic E-state index is 12.3. The number of rotatable bonds is 6. The number of carbonyl (C=O) groups excluding carboxylic acids is 1. The molecule has 0 aliphatic carbocycles. The van der Waals surface area contributed by atoms with Gasteiger partial charge in [0.1, 0.15) is 11.9 Å². The average molecular weight is 386 g/mol. The number of para-hydroxylation sites is 1. The third kappa shape index (κ3) is 4.48. The minimum absolute atomic E-state index is 0.0431. The molecule has 29 heavy (non-hydrogen) atoms. The van der Waals surface area contributed by atoms with Crippen LogP contribution in [0.2, 0.25) is 0 Å². The van der Waals surface area contributed by atoms with Crippen LogP contribution in [0.15, 0.2) is 60.8 Å². The van der Waals surface area contributed by atoms with Crippen LogP contribution in [0.3, 0.4) is 0 Å². The molecule has 4 heteroatoms. The van der Waals surface area contributed by atoms with E-state index in [0.717, 1.165) is 35.4 Å². The van der Waals surface area contributed by atoms with E-state index in [1.54, 1.807) is 0 Å². The second kappa shape index (κ2) is 8.48. The van der Waals surface area contributed by atoms with Crippen LogP contribution in [-0.2, 0) is 17.6 Å². The molecular formula is C25H26N2O2. The highest BCUT2D eigenvalue weighted by Gasteiger charge is 2.26. The van der Waals surface area contributed by atoms with Crippen molar-refractivity contribution in [2.75, 3.05) is 6.54 Å². The molecule has 1 aliphatic heterocycles. The Bertz CT molecular complexity index is 1010. The van der Waals surface area contributed by atoms with Crippen molar-refractivity contribution in [1.29, 1.82) is 0 Å². The van der Waals surface area contributed by atoms with E-state index in [2.05, 4.69) is 66.6 Å². The lowest BCUT2D eigenvalue weighted by Crippen LogP contribution is -2.34. The van der Waals surface area contributed by atoms with E-state index in [1.165, 1.54) is 16.7 Å². The van der Waals surface area contributed by atoms with Crippen LogP contribution >= 0.6 is 0 Å². The van der Waals surface area contributed by atoms with Gasteiger partial charge in [0.25, 0.3) is 0 Å². The molecule has 1 amide bonds. The normalized spacial score (nSPS) is 14.9. The van der Waals surface area contributed by atoms with Gasteiger partial charge in [-0.05, 0) is 49.1 Å². The molecule has 1 N–H and O–H groups in total. The first kappa shape index (κ1) is 19.2. The van der Waals surface area contributed by atoms with Crippen LogP contribution < -0.4 is 10.1 Å². The maximum Gasteiger partial charge on any atom is 0.220 e. The molecule has 2 heterocycles. The molecule has 0 radical (unpaired) electrons. The Morgan fingerprint density at radius 3 is 2.72 bits per heavy atom. The zero-order valence-corrected chi connectivity index (χ0v) is 16.9. The van der Waals surface area contributed by atoms with Gasteiger partial charge < -0.3 is 10.1 Å². The van der Waals surface area contributed by atoms with E-state index in [0.29, 0.717) is 13.0 Å². The van der Waals surface area contributed by atoms with E-state index in [9.17, 15) is 4.79 Å². The fourth-order valence-corrected chi connectivity index (χ4v) is 3.74. The average Bonchev–Trinajstić information content (AvgIpc) is 3.15. The zero-order chi connectivity index (χ0) is 20.2. The molecule has 4 nitrogen and oxygen atoms in total. The number of amides is 1. The second-order valence-corrected chi connectivity index (χ2v) is 7.70. The number of pyridine rings is 1. The summed E-state index contributed by atoms with van der Waals surface area (Å²) in [6, 6.07) is 18.5. The van der Waals surface area contributed by atoms with E-state index < -0.39 is 0 Å². The van der Waals surface area contributed by atoms with Gasteiger partial charge in [0.05, 0.1) is 12.2 Å². The molecule has 0 bridgehead atoms. The number of aryl methyl sites for hydroxylation is 3. The first-order valence-electron chi connectivity index (χ1n) is 10.1. The first-order valence-corrected chi connectivity index (χ1v) is 10.1. The quantitative estimate of drug-likeness (QED) is 0.682. The lowest BCUT2D eigenvalue weighted by Gasteiger charge is -2.14. The van der Waals surface area contributed by atoms with Crippen molar-refractivity contribution in [3.8, 4) is 17.0 Å². The van der Waals surface area contributed by atoms with Gasteiger partial charge in [-0.1, -0.05) is 48.0 Å². The molecule has 1 atom stereocenters. The molecule has 148 valence electrons. The lowest BCUT2D eigenvalue weighted by atomic mass is 10.0. The molecule has 3 aromatic rings. The summed E-state index contributed by atoms with van der Waals surface area (Å²) in [5.41, 5.74) is 6.69. The first-order chi connectivity index (χ1) is 14.1. The number of ether oxygens (including phenoxy) is 1. The number of hydrogen-bond acceptors (Lipinski definition) is 3. The topological polar surface area (TPSA) is 51.2 Å². The number of aromatic nitrogens is 1. The predicted molar refractivity (Wildman–Crippen MR) is 115 cm³/mol. The van der Waals surface area contributed by atoms with Gasteiger partial charge in [-0.2, -0.15) is 0 Å². The van der Waals surface area contributed by atoms with Crippen LogP contribution in [-0.4, -0.2) is 23.5 Å². The van der Waals surface area contributed by atoms with Crippen LogP contribution in [0.1, 0.15) is 28.7 Å². The summed E-state index contributed by atoms with van der Waals surface area (Å²) < 4.78 is 6.22. The lowest BCUT2D eigenvalue weighted by molar-refractivity contribution is -0.121. The van der Waals surface area contributed by atoms with Gasteiger partial charge in [0.15, 0.2) is 0 Å². The Labute approximate surface area is 172 Å². The van der Waals surface area contributed by atoms with E-state index in [-0.39, 0.29) is 12.0 Å². The maximum absolute atomic E-state index is 12.3. The second-order valence-electron chi connectivity index (χ2n) is 7.70. The fourth-order valence-electron chi connectivity index (χ4n) is 3.74. The Hall–Kier alpha value is -3.14. The molecule has 1 aromatic heterocycles. The molecule has 0 unspecified atom stereocenters. The number of nitrogens with one attached hydrogen (secondary N) is 1. The van der Waals surface area contributed by atoms with Crippen molar-refractivity contribution in [1.82, 2.24) is 10.3 Å². The highest BCUT2D eigenvalue weighted by molar-refractivity contribution is 5.76. The summed E-state index contributed by atoms with van der Waals surface area (Å²) in [6.07, 6.45) is 3.80. The molecule has 1 aliphatic rings. The summed E-state index contributed by atoms with van der Waals surface area (Å²) >= 11 is 0. The van der Waals surface area contributed by atoms with E-state index >= 15 is 0 Å². The van der Waals surface area contributed by atoms with Gasteiger partial charge >= 0.3 is 0 Å². The molecule has 4 rings (SSSR count). The SMILES string of the molecule is Cc1ccc(CCC(=O)NC[C@H]2Cc3cccc(-c4ncccc4C)c3O2)cc1. The summed E-state index contributed by atoms with van der Waals surface area (Å²) in [4.78, 5) is 16.8. The van der Waals surface area contributed by atoms with Crippen molar-refractivity contribution in [3.63, 3.8) is 0 Å². The minimum Gasteiger partial charge on any atom is -0.487 e. The van der Waals surface area contributed by atoms with Crippen molar-refractivity contribution in [2.45, 2.75) is 39.2 Å². The standard InChI is InChI=1S/C25H26N2O2/c1-17-8-10-19(11-9-17)12-13-23(28)27-16-21-15-20-6-3-7-22(25(20)29-21)24-18(2)5-4-14-26-24/h3-11,14,21H,12-13,15-16H2,1-2H3,(H,27,28)/t21-/m1/s1. The van der Waals surface area contributed by atoms with Crippen molar-refractivity contribution in [2.24, 2.45) is 0 Å². The molecule has 0 saturated carbocycles. The molecule has 0 fully saturated rings. The zero-order valence-electron chi connectivity index (χ0n) is 16.9. The number of fused-ring (bicyclic) bond motifs is 1. The van der Waals surface area contributed by atoms with Gasteiger partial charge in [-0.15, -0.1) is 0 Å². The minimum atomic E-state index is -0.0431. The highest BCUT2D eigenvalue weighted by atomic mass is 16.5. The third-order valence-electron chi connectivity index (χ3n) is 5.38. The molecule has 0 spiro atoms. The van der Waals surface area contributed by atoms with Crippen LogP contribution in [0.5, 0.6) is 5.75 Å². The Kier molecular flexibility index (Phi) is 5.61. The summed E-state index contributed by atoms with van der Waals surface area (Å²) in [5, 5.41) is 3.03. The monoisotopic (exact) mass is 386 g/mol. The summed E-state index contributed by atoms with van der Waals surface area (Å²) in [7, 11) is 0. The highest BCUT2D eigenvalue weighted by Crippen LogP contribution is 2.38. The van der Waals surface area contributed by atoms with Crippen LogP contribution in [0.25, 0.3) is 11.3 Å². The van der Waals surface area contributed by atoms with Crippen LogP contribution in [0, 0.1) is 13.8 Å². The number of nitrogens with zero attached hydrogens (tertiary/aromatic N) is 1. The van der Waals surface area contributed by atoms with Gasteiger partial charge in [-0.3, -0.25) is 9.78 Å². The van der Waals surface area contributed by atoms with Gasteiger partial charge in [0, 0.05) is 24.6 Å². The number of hydrogen-bond donors (Lipinski definition) is 1. The van der Waals surface area contributed by atoms with Gasteiger partial charge in [0.2, 0.25) is 5.91 Å².